The lowest BCUT2D eigenvalue weighted by Crippen LogP contribution is -2.29. The Balaban J connectivity index is 1.90. The van der Waals surface area contributed by atoms with Crippen LogP contribution in [0.5, 0.6) is 5.75 Å². The van der Waals surface area contributed by atoms with Gasteiger partial charge in [-0.3, -0.25) is 14.7 Å². The maximum Gasteiger partial charge on any atom is 0.331 e. The van der Waals surface area contributed by atoms with Crippen molar-refractivity contribution in [2.45, 2.75) is 20.3 Å². The van der Waals surface area contributed by atoms with E-state index in [4.69, 9.17) is 21.4 Å². The highest BCUT2D eigenvalue weighted by Gasteiger charge is 2.35. The van der Waals surface area contributed by atoms with Gasteiger partial charge in [-0.15, -0.1) is 0 Å². The van der Waals surface area contributed by atoms with Crippen LogP contribution in [0.25, 0.3) is 6.08 Å². The molecule has 1 heterocycles. The summed E-state index contributed by atoms with van der Waals surface area (Å²) in [6.07, 6.45) is 4.56. The zero-order chi connectivity index (χ0) is 22.4. The average Bonchev–Trinajstić information content (AvgIpc) is 3.03. The second-order valence-electron chi connectivity index (χ2n) is 6.65. The van der Waals surface area contributed by atoms with Crippen molar-refractivity contribution in [2.24, 2.45) is 4.99 Å². The lowest BCUT2D eigenvalue weighted by molar-refractivity contribution is -0.131. The molecule has 1 N–H and O–H groups in total. The first-order chi connectivity index (χ1) is 14.9. The minimum Gasteiger partial charge on any atom is -0.478 e. The quantitative estimate of drug-likeness (QED) is 0.438. The molecule has 160 valence electrons. The fraction of sp³-hybridized carbons (Fsp3) is 0.174. The summed E-state index contributed by atoms with van der Waals surface area (Å²) in [5, 5.41) is 9.58. The van der Waals surface area contributed by atoms with Gasteiger partial charge in [-0.05, 0) is 60.5 Å². The third-order valence-corrected chi connectivity index (χ3v) is 5.59. The molecule has 3 rings (SSSR count). The van der Waals surface area contributed by atoms with Crippen LogP contribution in [0.2, 0.25) is 5.02 Å². The molecule has 1 amide bonds. The van der Waals surface area contributed by atoms with E-state index >= 15 is 0 Å². The van der Waals surface area contributed by atoms with Crippen LogP contribution in [0.3, 0.4) is 0 Å². The molecule has 1 aliphatic rings. The number of aryl methyl sites for hydroxylation is 1. The first kappa shape index (κ1) is 22.7. The number of halogens is 1. The van der Waals surface area contributed by atoms with E-state index in [9.17, 15) is 9.59 Å². The smallest absolute Gasteiger partial charge is 0.331 e. The number of hydrogen-bond acceptors (Lipinski definition) is 5. The monoisotopic (exact) mass is 456 g/mol. The standard InChI is InChI=1S/C23H21ClN2O4S/c1-3-11-25-23-26(18-7-5-4-6-15(18)2)22(29)20(31-23)14-16-8-9-19(17(24)13-16)30-12-10-21(27)28/h4-10,12-14H,3,11H2,1-2H3,(H,27,28)/b12-10-,20-14-,25-23?. The van der Waals surface area contributed by atoms with Crippen molar-refractivity contribution in [1.29, 1.82) is 0 Å². The second-order valence-corrected chi connectivity index (χ2v) is 8.07. The van der Waals surface area contributed by atoms with Crippen LogP contribution in [0, 0.1) is 6.92 Å². The van der Waals surface area contributed by atoms with Crippen molar-refractivity contribution in [3.8, 4) is 5.75 Å². The van der Waals surface area contributed by atoms with Gasteiger partial charge in [0, 0.05) is 6.54 Å². The van der Waals surface area contributed by atoms with Gasteiger partial charge in [0.1, 0.15) is 5.75 Å². The number of aliphatic imine (C=N–C) groups is 1. The third kappa shape index (κ3) is 5.57. The first-order valence-corrected chi connectivity index (χ1v) is 10.8. The molecule has 1 aliphatic heterocycles. The summed E-state index contributed by atoms with van der Waals surface area (Å²) in [6.45, 7) is 4.63. The highest BCUT2D eigenvalue weighted by molar-refractivity contribution is 8.19. The number of aliphatic carboxylic acids is 1. The molecule has 6 nitrogen and oxygen atoms in total. The molecule has 0 atom stereocenters. The SMILES string of the molecule is CCCN=C1S/C(=C\c2ccc(O/C=C\C(=O)O)c(Cl)c2)C(=O)N1c1ccccc1C. The van der Waals surface area contributed by atoms with E-state index in [0.29, 0.717) is 27.4 Å². The minimum absolute atomic E-state index is 0.144. The minimum atomic E-state index is -1.12. The maximum absolute atomic E-state index is 13.2. The van der Waals surface area contributed by atoms with Crippen molar-refractivity contribution in [1.82, 2.24) is 0 Å². The summed E-state index contributed by atoms with van der Waals surface area (Å²) in [5.74, 6) is -0.943. The molecule has 0 spiro atoms. The number of para-hydroxylation sites is 1. The Bertz CT molecular complexity index is 1090. The summed E-state index contributed by atoms with van der Waals surface area (Å²) >= 11 is 7.58. The number of hydrogen-bond donors (Lipinski definition) is 1. The molecular formula is C23H21ClN2O4S. The van der Waals surface area contributed by atoms with Gasteiger partial charge in [0.15, 0.2) is 5.17 Å². The highest BCUT2D eigenvalue weighted by Crippen LogP contribution is 2.38. The third-order valence-electron chi connectivity index (χ3n) is 4.29. The largest absolute Gasteiger partial charge is 0.478 e. The van der Waals surface area contributed by atoms with Crippen LogP contribution in [-0.2, 0) is 9.59 Å². The average molecular weight is 457 g/mol. The zero-order valence-electron chi connectivity index (χ0n) is 17.0. The van der Waals surface area contributed by atoms with Gasteiger partial charge in [0.2, 0.25) is 0 Å². The fourth-order valence-electron chi connectivity index (χ4n) is 2.83. The Hall–Kier alpha value is -3.03. The van der Waals surface area contributed by atoms with Gasteiger partial charge in [0.25, 0.3) is 5.91 Å². The van der Waals surface area contributed by atoms with E-state index in [0.717, 1.165) is 35.6 Å². The molecule has 1 saturated heterocycles. The van der Waals surface area contributed by atoms with E-state index in [1.165, 1.54) is 11.8 Å². The fourth-order valence-corrected chi connectivity index (χ4v) is 4.06. The predicted molar refractivity (Wildman–Crippen MR) is 126 cm³/mol. The number of anilines is 1. The summed E-state index contributed by atoms with van der Waals surface area (Å²) in [5.41, 5.74) is 2.52. The zero-order valence-corrected chi connectivity index (χ0v) is 18.6. The Kier molecular flexibility index (Phi) is 7.55. The summed E-state index contributed by atoms with van der Waals surface area (Å²) in [4.78, 5) is 30.6. The number of nitrogens with zero attached hydrogens (tertiary/aromatic N) is 2. The molecule has 2 aromatic rings. The summed E-state index contributed by atoms with van der Waals surface area (Å²) in [7, 11) is 0. The van der Waals surface area contributed by atoms with Crippen molar-refractivity contribution in [3.63, 3.8) is 0 Å². The number of thioether (sulfide) groups is 1. The van der Waals surface area contributed by atoms with E-state index < -0.39 is 5.97 Å². The number of carboxylic acid groups (broad SMARTS) is 1. The van der Waals surface area contributed by atoms with Crippen LogP contribution in [0.15, 0.2) is 64.7 Å². The molecule has 2 aromatic carbocycles. The number of carboxylic acids is 1. The van der Waals surface area contributed by atoms with E-state index in [1.54, 1.807) is 29.2 Å². The molecule has 0 unspecified atom stereocenters. The lowest BCUT2D eigenvalue weighted by atomic mass is 10.1. The van der Waals surface area contributed by atoms with Crippen molar-refractivity contribution < 1.29 is 19.4 Å². The number of carbonyl (C=O) groups is 2. The molecule has 0 aromatic heterocycles. The number of carbonyl (C=O) groups excluding carboxylic acids is 1. The molecule has 8 heteroatoms. The number of benzene rings is 2. The Labute approximate surface area is 189 Å². The normalized spacial score (nSPS) is 16.6. The number of amides is 1. The highest BCUT2D eigenvalue weighted by atomic mass is 35.5. The Morgan fingerprint density at radius 2 is 2.06 bits per heavy atom. The summed E-state index contributed by atoms with van der Waals surface area (Å²) < 4.78 is 5.23. The van der Waals surface area contributed by atoms with Crippen LogP contribution in [0.4, 0.5) is 5.69 Å². The molecule has 0 aliphatic carbocycles. The Morgan fingerprint density at radius 1 is 1.29 bits per heavy atom. The van der Waals surface area contributed by atoms with Gasteiger partial charge >= 0.3 is 5.97 Å². The molecule has 1 fully saturated rings. The molecular weight excluding hydrogens is 436 g/mol. The van der Waals surface area contributed by atoms with E-state index in [1.807, 2.05) is 38.1 Å². The molecule has 0 bridgehead atoms. The van der Waals surface area contributed by atoms with Crippen LogP contribution in [-0.4, -0.2) is 28.7 Å². The maximum atomic E-state index is 13.2. The van der Waals surface area contributed by atoms with E-state index in [-0.39, 0.29) is 5.91 Å². The van der Waals surface area contributed by atoms with Gasteiger partial charge in [0.05, 0.1) is 28.0 Å². The van der Waals surface area contributed by atoms with Gasteiger partial charge in [-0.2, -0.15) is 0 Å². The van der Waals surface area contributed by atoms with Gasteiger partial charge < -0.3 is 9.84 Å². The van der Waals surface area contributed by atoms with E-state index in [2.05, 4.69) is 4.99 Å². The van der Waals surface area contributed by atoms with Crippen molar-refractivity contribution in [3.05, 3.63) is 75.9 Å². The number of ether oxygens (including phenoxy) is 1. The van der Waals surface area contributed by atoms with Crippen LogP contribution < -0.4 is 9.64 Å². The van der Waals surface area contributed by atoms with Gasteiger partial charge in [-0.1, -0.05) is 42.8 Å². The lowest BCUT2D eigenvalue weighted by Gasteiger charge is -2.17. The van der Waals surface area contributed by atoms with Crippen molar-refractivity contribution in [2.75, 3.05) is 11.4 Å². The molecule has 0 radical (unpaired) electrons. The van der Waals surface area contributed by atoms with Crippen LogP contribution >= 0.6 is 23.4 Å². The molecule has 31 heavy (non-hydrogen) atoms. The van der Waals surface area contributed by atoms with Crippen LogP contribution in [0.1, 0.15) is 24.5 Å². The number of rotatable bonds is 7. The van der Waals surface area contributed by atoms with Gasteiger partial charge in [-0.25, -0.2) is 4.79 Å². The topological polar surface area (TPSA) is 79.2 Å². The summed E-state index contributed by atoms with van der Waals surface area (Å²) in [6, 6.07) is 12.7. The Morgan fingerprint density at radius 3 is 2.74 bits per heavy atom. The predicted octanol–water partition coefficient (Wildman–Crippen LogP) is 5.51. The second kappa shape index (κ2) is 10.3. The number of amidine groups is 1. The molecule has 0 saturated carbocycles. The van der Waals surface area contributed by atoms with Crippen molar-refractivity contribution >= 4 is 52.2 Å². The first-order valence-electron chi connectivity index (χ1n) is 9.60.